The number of ether oxygens (including phenoxy) is 2. The molecule has 2 aromatic carbocycles. The number of phenolic OH excluding ortho intramolecular Hbond substituents is 1. The van der Waals surface area contributed by atoms with Gasteiger partial charge < -0.3 is 25.2 Å². The minimum Gasteiger partial charge on any atom is -0.507 e. The van der Waals surface area contributed by atoms with Crippen molar-refractivity contribution in [2.75, 3.05) is 25.0 Å². The Morgan fingerprint density at radius 1 is 1.15 bits per heavy atom. The number of para-hydroxylation sites is 1. The Bertz CT molecular complexity index is 1240. The first-order chi connectivity index (χ1) is 19.0. The highest BCUT2D eigenvalue weighted by molar-refractivity contribution is 5.92. The molecular formula is C32H39FN2O4. The maximum atomic E-state index is 15.3. The maximum absolute atomic E-state index is 15.3. The molecule has 0 radical (unpaired) electrons. The molecule has 1 amide bonds. The van der Waals surface area contributed by atoms with Crippen LogP contribution in [0.25, 0.3) is 16.9 Å². The molecule has 1 saturated carbocycles. The van der Waals surface area contributed by atoms with Crippen molar-refractivity contribution in [3.05, 3.63) is 59.4 Å². The van der Waals surface area contributed by atoms with Crippen molar-refractivity contribution in [1.29, 1.82) is 0 Å². The lowest BCUT2D eigenvalue weighted by Gasteiger charge is -2.28. The summed E-state index contributed by atoms with van der Waals surface area (Å²) in [6.07, 6.45) is 13.6. The van der Waals surface area contributed by atoms with Gasteiger partial charge in [0, 0.05) is 12.5 Å². The molecule has 2 fully saturated rings. The average Bonchev–Trinajstić information content (AvgIpc) is 2.88. The number of allylic oxidation sites excluding steroid dienone is 3. The number of hydrogen-bond acceptors (Lipinski definition) is 5. The standard InChI is InChI=1S/C32H39FN2O4/c1-21(36)35-31-28(33)19-24(20-30(31)39-25-7-4-8-25)26-9-5-10-27(32(26)37)29-18-23(6-2-3-17-38-29)12-11-22-13-15-34-16-14-22/h5-6,9-10,18-20,22,25,34,37H,2-4,7-8,11-17H2,1H3,(H,35,36)/b23-6+,29-18-. The summed E-state index contributed by atoms with van der Waals surface area (Å²) in [7, 11) is 0. The van der Waals surface area contributed by atoms with Crippen molar-refractivity contribution in [1.82, 2.24) is 5.32 Å². The van der Waals surface area contributed by atoms with Crippen molar-refractivity contribution in [3.63, 3.8) is 0 Å². The number of carbonyl (C=O) groups is 1. The lowest BCUT2D eigenvalue weighted by Crippen LogP contribution is -2.27. The monoisotopic (exact) mass is 534 g/mol. The van der Waals surface area contributed by atoms with Gasteiger partial charge in [-0.05, 0) is 112 Å². The Labute approximate surface area is 230 Å². The molecule has 2 aliphatic heterocycles. The summed E-state index contributed by atoms with van der Waals surface area (Å²) in [6.45, 7) is 4.09. The molecule has 0 unspecified atom stereocenters. The second kappa shape index (κ2) is 12.7. The number of amides is 1. The van der Waals surface area contributed by atoms with E-state index >= 15 is 4.39 Å². The lowest BCUT2D eigenvalue weighted by molar-refractivity contribution is -0.114. The van der Waals surface area contributed by atoms with Gasteiger partial charge in [0.1, 0.15) is 22.9 Å². The third kappa shape index (κ3) is 6.82. The fourth-order valence-corrected chi connectivity index (χ4v) is 5.46. The Kier molecular flexibility index (Phi) is 8.87. The van der Waals surface area contributed by atoms with Crippen LogP contribution < -0.4 is 15.4 Å². The molecule has 0 aromatic heterocycles. The van der Waals surface area contributed by atoms with E-state index in [0.29, 0.717) is 29.1 Å². The molecule has 0 spiro atoms. The molecule has 2 heterocycles. The predicted octanol–water partition coefficient (Wildman–Crippen LogP) is 6.95. The van der Waals surface area contributed by atoms with Crippen LogP contribution in [0.4, 0.5) is 10.1 Å². The topological polar surface area (TPSA) is 79.8 Å². The zero-order valence-electron chi connectivity index (χ0n) is 22.7. The van der Waals surface area contributed by atoms with E-state index in [4.69, 9.17) is 9.47 Å². The molecule has 208 valence electrons. The molecular weight excluding hydrogens is 495 g/mol. The molecule has 0 bridgehead atoms. The van der Waals surface area contributed by atoms with Gasteiger partial charge in [-0.1, -0.05) is 18.2 Å². The van der Waals surface area contributed by atoms with Crippen LogP contribution >= 0.6 is 0 Å². The molecule has 0 atom stereocenters. The highest BCUT2D eigenvalue weighted by atomic mass is 19.1. The zero-order chi connectivity index (χ0) is 27.2. The highest BCUT2D eigenvalue weighted by Crippen LogP contribution is 2.42. The van der Waals surface area contributed by atoms with Gasteiger partial charge in [-0.25, -0.2) is 4.39 Å². The van der Waals surface area contributed by atoms with Gasteiger partial charge in [0.25, 0.3) is 0 Å². The third-order valence-corrected chi connectivity index (χ3v) is 7.94. The van der Waals surface area contributed by atoms with E-state index in [2.05, 4.69) is 22.8 Å². The maximum Gasteiger partial charge on any atom is 0.221 e. The van der Waals surface area contributed by atoms with Crippen LogP contribution in [0, 0.1) is 11.7 Å². The van der Waals surface area contributed by atoms with Gasteiger partial charge in [-0.15, -0.1) is 0 Å². The second-order valence-corrected chi connectivity index (χ2v) is 10.9. The number of piperidine rings is 1. The first kappa shape index (κ1) is 27.3. The zero-order valence-corrected chi connectivity index (χ0v) is 22.7. The summed E-state index contributed by atoms with van der Waals surface area (Å²) < 4.78 is 27.5. The number of aromatic hydroxyl groups is 1. The SMILES string of the molecule is CC(=O)Nc1c(F)cc(-c2cccc(/C3=C/C(CCC4CCNCC4)=C/CCCO3)c2O)cc1OC1CCC1. The summed E-state index contributed by atoms with van der Waals surface area (Å²) in [5.41, 5.74) is 2.79. The molecule has 3 N–H and O–H groups in total. The van der Waals surface area contributed by atoms with Crippen molar-refractivity contribution in [3.8, 4) is 22.6 Å². The number of nitrogens with one attached hydrogen (secondary N) is 2. The van der Waals surface area contributed by atoms with Crippen LogP contribution in [0.1, 0.15) is 70.3 Å². The fourth-order valence-electron chi connectivity index (χ4n) is 5.46. The van der Waals surface area contributed by atoms with Crippen LogP contribution in [-0.2, 0) is 9.53 Å². The largest absolute Gasteiger partial charge is 0.507 e. The van der Waals surface area contributed by atoms with Gasteiger partial charge in [-0.2, -0.15) is 0 Å². The number of halogens is 1. The Hall–Kier alpha value is -3.32. The normalized spacial score (nSPS) is 21.3. The van der Waals surface area contributed by atoms with E-state index in [1.54, 1.807) is 12.1 Å². The number of phenols is 1. The van der Waals surface area contributed by atoms with Crippen molar-refractivity contribution >= 4 is 17.4 Å². The number of hydrogen-bond donors (Lipinski definition) is 3. The van der Waals surface area contributed by atoms with Gasteiger partial charge in [0.05, 0.1) is 18.3 Å². The van der Waals surface area contributed by atoms with Crippen LogP contribution in [0.2, 0.25) is 0 Å². The van der Waals surface area contributed by atoms with Crippen molar-refractivity contribution < 1.29 is 23.8 Å². The summed E-state index contributed by atoms with van der Waals surface area (Å²) in [6, 6.07) is 8.47. The van der Waals surface area contributed by atoms with Gasteiger partial charge >= 0.3 is 0 Å². The molecule has 3 aliphatic rings. The molecule has 6 nitrogen and oxygen atoms in total. The van der Waals surface area contributed by atoms with E-state index in [1.165, 1.54) is 31.4 Å². The predicted molar refractivity (Wildman–Crippen MR) is 152 cm³/mol. The van der Waals surface area contributed by atoms with Crippen molar-refractivity contribution in [2.45, 2.75) is 70.8 Å². The molecule has 1 aliphatic carbocycles. The molecule has 2 aromatic rings. The van der Waals surface area contributed by atoms with Gasteiger partial charge in [0.2, 0.25) is 5.91 Å². The number of benzene rings is 2. The summed E-state index contributed by atoms with van der Waals surface area (Å²) in [5, 5.41) is 17.4. The van der Waals surface area contributed by atoms with Crippen LogP contribution in [0.3, 0.4) is 0 Å². The summed E-state index contributed by atoms with van der Waals surface area (Å²) in [4.78, 5) is 11.7. The summed E-state index contributed by atoms with van der Waals surface area (Å²) in [5.74, 6) is 0.696. The van der Waals surface area contributed by atoms with Crippen LogP contribution in [0.15, 0.2) is 48.1 Å². The molecule has 39 heavy (non-hydrogen) atoms. The Morgan fingerprint density at radius 2 is 1.95 bits per heavy atom. The fraction of sp³-hybridized carbons (Fsp3) is 0.469. The molecule has 5 rings (SSSR count). The van der Waals surface area contributed by atoms with Gasteiger partial charge in [0.15, 0.2) is 5.82 Å². The van der Waals surface area contributed by atoms with E-state index in [-0.39, 0.29) is 29.2 Å². The van der Waals surface area contributed by atoms with Gasteiger partial charge in [-0.3, -0.25) is 4.79 Å². The Balaban J connectivity index is 1.45. The van der Waals surface area contributed by atoms with Crippen molar-refractivity contribution in [2.24, 2.45) is 5.92 Å². The highest BCUT2D eigenvalue weighted by Gasteiger charge is 2.24. The second-order valence-electron chi connectivity index (χ2n) is 10.9. The van der Waals surface area contributed by atoms with E-state index in [1.807, 2.05) is 12.1 Å². The minimum absolute atomic E-state index is 0.00403. The smallest absolute Gasteiger partial charge is 0.221 e. The first-order valence-electron chi connectivity index (χ1n) is 14.3. The number of carbonyl (C=O) groups excluding carboxylic acids is 1. The number of rotatable bonds is 8. The van der Waals surface area contributed by atoms with E-state index in [9.17, 15) is 9.90 Å². The third-order valence-electron chi connectivity index (χ3n) is 7.94. The lowest BCUT2D eigenvalue weighted by atomic mass is 9.90. The minimum atomic E-state index is -0.605. The first-order valence-corrected chi connectivity index (χ1v) is 14.3. The average molecular weight is 535 g/mol. The van der Waals surface area contributed by atoms with Crippen LogP contribution in [-0.4, -0.2) is 36.8 Å². The van der Waals surface area contributed by atoms with Crippen LogP contribution in [0.5, 0.6) is 11.5 Å². The quantitative estimate of drug-likeness (QED) is 0.342. The number of anilines is 1. The van der Waals surface area contributed by atoms with E-state index < -0.39 is 5.82 Å². The molecule has 1 saturated heterocycles. The van der Waals surface area contributed by atoms with E-state index in [0.717, 1.165) is 64.0 Å². The molecule has 7 heteroatoms. The Morgan fingerprint density at radius 3 is 2.69 bits per heavy atom. The summed E-state index contributed by atoms with van der Waals surface area (Å²) >= 11 is 0.